The minimum atomic E-state index is 0. The zero-order valence-corrected chi connectivity index (χ0v) is 17.4. The summed E-state index contributed by atoms with van der Waals surface area (Å²) in [5.74, 6) is 1.71. The van der Waals surface area contributed by atoms with E-state index in [0.717, 1.165) is 45.3 Å². The average Bonchev–Trinajstić information content (AvgIpc) is 2.59. The van der Waals surface area contributed by atoms with E-state index in [-0.39, 0.29) is 18.3 Å². The van der Waals surface area contributed by atoms with Crippen molar-refractivity contribution >= 4 is 41.5 Å². The fraction of sp³-hybridized carbons (Fsp3) is 0.632. The van der Waals surface area contributed by atoms with Gasteiger partial charge in [-0.05, 0) is 63.3 Å². The standard InChI is InChI=1S/C19H26Cl2N2O2.ClH/c1-13-8-15(2-5-22-13)19(24)23-6-3-14(4-7-23)12-25-18-10-16(20)9-17(21)11-18;/h9-11,13-15,22H,2-8,12H2,1H3;1H/t13-,15-;/m0./s1. The minimum Gasteiger partial charge on any atom is -0.493 e. The van der Waals surface area contributed by atoms with Crippen molar-refractivity contribution in [1.82, 2.24) is 10.2 Å². The van der Waals surface area contributed by atoms with Crippen molar-refractivity contribution in [3.8, 4) is 5.75 Å². The Bertz CT molecular complexity index is 586. The van der Waals surface area contributed by atoms with Gasteiger partial charge < -0.3 is 15.0 Å². The number of rotatable bonds is 4. The Balaban J connectivity index is 0.00000243. The van der Waals surface area contributed by atoms with E-state index in [0.29, 0.717) is 40.3 Å². The SMILES string of the molecule is C[C@H]1C[C@@H](C(=O)N2CCC(COc3cc(Cl)cc(Cl)c3)CC2)CCN1.Cl. The number of nitrogens with zero attached hydrogens (tertiary/aromatic N) is 1. The van der Waals surface area contributed by atoms with Crippen LogP contribution in [0.4, 0.5) is 0 Å². The maximum absolute atomic E-state index is 12.7. The maximum Gasteiger partial charge on any atom is 0.225 e. The number of carbonyl (C=O) groups excluding carboxylic acids is 1. The Hall–Kier alpha value is -0.680. The molecule has 3 rings (SSSR count). The number of hydrogen-bond acceptors (Lipinski definition) is 3. The molecule has 2 heterocycles. The third-order valence-corrected chi connectivity index (χ3v) is 5.66. The van der Waals surface area contributed by atoms with Gasteiger partial charge in [0.05, 0.1) is 6.61 Å². The van der Waals surface area contributed by atoms with E-state index in [1.54, 1.807) is 18.2 Å². The first-order valence-corrected chi connectivity index (χ1v) is 9.88. The van der Waals surface area contributed by atoms with Crippen molar-refractivity contribution in [3.63, 3.8) is 0 Å². The summed E-state index contributed by atoms with van der Waals surface area (Å²) in [6, 6.07) is 5.70. The summed E-state index contributed by atoms with van der Waals surface area (Å²) in [5.41, 5.74) is 0. The normalized spacial score (nSPS) is 24.0. The van der Waals surface area contributed by atoms with Gasteiger partial charge in [0.25, 0.3) is 0 Å². The highest BCUT2D eigenvalue weighted by Gasteiger charge is 2.31. The van der Waals surface area contributed by atoms with Gasteiger partial charge in [-0.3, -0.25) is 4.79 Å². The van der Waals surface area contributed by atoms with Gasteiger partial charge in [-0.1, -0.05) is 23.2 Å². The molecule has 1 N–H and O–H groups in total. The van der Waals surface area contributed by atoms with Crippen LogP contribution in [0.25, 0.3) is 0 Å². The molecule has 2 fully saturated rings. The molecule has 0 aliphatic carbocycles. The summed E-state index contributed by atoms with van der Waals surface area (Å²) in [6.07, 6.45) is 3.89. The predicted octanol–water partition coefficient (Wildman–Crippen LogP) is 4.42. The third kappa shape index (κ3) is 5.91. The monoisotopic (exact) mass is 420 g/mol. The molecule has 0 aromatic heterocycles. The Morgan fingerprint density at radius 2 is 1.85 bits per heavy atom. The van der Waals surface area contributed by atoms with E-state index in [1.807, 2.05) is 0 Å². The fourth-order valence-corrected chi connectivity index (χ4v) is 4.27. The fourth-order valence-electron chi connectivity index (χ4n) is 3.76. The van der Waals surface area contributed by atoms with Gasteiger partial charge in [0, 0.05) is 35.1 Å². The van der Waals surface area contributed by atoms with Crippen LogP contribution in [0, 0.1) is 11.8 Å². The largest absolute Gasteiger partial charge is 0.493 e. The number of amides is 1. The molecule has 0 unspecified atom stereocenters. The third-order valence-electron chi connectivity index (χ3n) is 5.22. The number of nitrogens with one attached hydrogen (secondary N) is 1. The number of carbonyl (C=O) groups is 1. The molecule has 2 aliphatic heterocycles. The molecule has 0 radical (unpaired) electrons. The summed E-state index contributed by atoms with van der Waals surface area (Å²) < 4.78 is 5.85. The second kappa shape index (κ2) is 10.0. The minimum absolute atomic E-state index is 0. The first kappa shape index (κ1) is 21.6. The zero-order chi connectivity index (χ0) is 17.8. The van der Waals surface area contributed by atoms with E-state index < -0.39 is 0 Å². The molecule has 2 aliphatic rings. The van der Waals surface area contributed by atoms with Crippen LogP contribution in [0.5, 0.6) is 5.75 Å². The van der Waals surface area contributed by atoms with E-state index in [1.165, 1.54) is 0 Å². The van der Waals surface area contributed by atoms with Crippen LogP contribution in [0.2, 0.25) is 10.0 Å². The van der Waals surface area contributed by atoms with Gasteiger partial charge in [0.15, 0.2) is 0 Å². The van der Waals surface area contributed by atoms with E-state index in [9.17, 15) is 4.79 Å². The molecule has 146 valence electrons. The predicted molar refractivity (Wildman–Crippen MR) is 109 cm³/mol. The van der Waals surface area contributed by atoms with Gasteiger partial charge in [-0.25, -0.2) is 0 Å². The highest BCUT2D eigenvalue weighted by Crippen LogP contribution is 2.27. The van der Waals surface area contributed by atoms with Crippen LogP contribution in [-0.2, 0) is 4.79 Å². The molecule has 0 bridgehead atoms. The lowest BCUT2D eigenvalue weighted by molar-refractivity contribution is -0.138. The van der Waals surface area contributed by atoms with Crippen LogP contribution >= 0.6 is 35.6 Å². The molecule has 1 aromatic rings. The van der Waals surface area contributed by atoms with Crippen LogP contribution in [0.15, 0.2) is 18.2 Å². The summed E-state index contributed by atoms with van der Waals surface area (Å²) in [6.45, 7) is 5.42. The zero-order valence-electron chi connectivity index (χ0n) is 15.0. The molecule has 2 atom stereocenters. The first-order chi connectivity index (χ1) is 12.0. The molecular formula is C19H27Cl3N2O2. The number of ether oxygens (including phenoxy) is 1. The van der Waals surface area contributed by atoms with Gasteiger partial charge in [-0.2, -0.15) is 0 Å². The highest BCUT2D eigenvalue weighted by molar-refractivity contribution is 6.34. The van der Waals surface area contributed by atoms with Gasteiger partial charge >= 0.3 is 0 Å². The maximum atomic E-state index is 12.7. The van der Waals surface area contributed by atoms with Crippen LogP contribution in [0.3, 0.4) is 0 Å². The van der Waals surface area contributed by atoms with Crippen LogP contribution in [0.1, 0.15) is 32.6 Å². The first-order valence-electron chi connectivity index (χ1n) is 9.12. The van der Waals surface area contributed by atoms with Gasteiger partial charge in [0.1, 0.15) is 5.75 Å². The van der Waals surface area contributed by atoms with Crippen molar-refractivity contribution < 1.29 is 9.53 Å². The van der Waals surface area contributed by atoms with E-state index in [2.05, 4.69) is 17.1 Å². The second-order valence-corrected chi connectivity index (χ2v) is 8.13. The van der Waals surface area contributed by atoms with Gasteiger partial charge in [-0.15, -0.1) is 12.4 Å². The summed E-state index contributed by atoms with van der Waals surface area (Å²) in [4.78, 5) is 14.7. The molecule has 0 saturated carbocycles. The van der Waals surface area contributed by atoms with Gasteiger partial charge in [0.2, 0.25) is 5.91 Å². The number of hydrogen-bond donors (Lipinski definition) is 1. The van der Waals surface area contributed by atoms with Crippen LogP contribution < -0.4 is 10.1 Å². The average molecular weight is 422 g/mol. The van der Waals surface area contributed by atoms with Crippen molar-refractivity contribution in [2.75, 3.05) is 26.2 Å². The lowest BCUT2D eigenvalue weighted by Gasteiger charge is -2.36. The van der Waals surface area contributed by atoms with Crippen molar-refractivity contribution in [1.29, 1.82) is 0 Å². The highest BCUT2D eigenvalue weighted by atomic mass is 35.5. The lowest BCUT2D eigenvalue weighted by Crippen LogP contribution is -2.47. The number of halogens is 3. The summed E-state index contributed by atoms with van der Waals surface area (Å²) in [7, 11) is 0. The smallest absolute Gasteiger partial charge is 0.225 e. The molecule has 1 aromatic carbocycles. The topological polar surface area (TPSA) is 41.6 Å². The second-order valence-electron chi connectivity index (χ2n) is 7.26. The Labute approximate surface area is 172 Å². The van der Waals surface area contributed by atoms with Crippen molar-refractivity contribution in [2.24, 2.45) is 11.8 Å². The Kier molecular flexibility index (Phi) is 8.34. The Morgan fingerprint density at radius 3 is 2.46 bits per heavy atom. The van der Waals surface area contributed by atoms with Crippen molar-refractivity contribution in [3.05, 3.63) is 28.2 Å². The van der Waals surface area contributed by atoms with E-state index in [4.69, 9.17) is 27.9 Å². The quantitative estimate of drug-likeness (QED) is 0.782. The summed E-state index contributed by atoms with van der Waals surface area (Å²) in [5, 5.41) is 4.58. The van der Waals surface area contributed by atoms with Crippen LogP contribution in [-0.4, -0.2) is 43.1 Å². The molecule has 2 saturated heterocycles. The molecular weight excluding hydrogens is 395 g/mol. The molecule has 7 heteroatoms. The molecule has 1 amide bonds. The summed E-state index contributed by atoms with van der Waals surface area (Å²) >= 11 is 12.0. The number of likely N-dealkylation sites (tertiary alicyclic amines) is 1. The van der Waals surface area contributed by atoms with Crippen molar-refractivity contribution in [2.45, 2.75) is 38.6 Å². The van der Waals surface area contributed by atoms with E-state index >= 15 is 0 Å². The molecule has 4 nitrogen and oxygen atoms in total. The lowest BCUT2D eigenvalue weighted by atomic mass is 9.90. The number of benzene rings is 1. The molecule has 26 heavy (non-hydrogen) atoms. The number of piperidine rings is 2. The molecule has 0 spiro atoms. The Morgan fingerprint density at radius 1 is 1.19 bits per heavy atom.